The third-order valence-electron chi connectivity index (χ3n) is 3.57. The van der Waals surface area contributed by atoms with E-state index in [2.05, 4.69) is 17.1 Å². The van der Waals surface area contributed by atoms with Gasteiger partial charge in [0.1, 0.15) is 0 Å². The van der Waals surface area contributed by atoms with Crippen LogP contribution in [0.1, 0.15) is 6.92 Å². The monoisotopic (exact) mass is 266 g/mol. The minimum absolute atomic E-state index is 0.115. The van der Waals surface area contributed by atoms with Gasteiger partial charge in [-0.05, 0) is 19.1 Å². The van der Waals surface area contributed by atoms with Crippen LogP contribution in [-0.4, -0.2) is 51.1 Å². The molecule has 2 rings (SSSR count). The first-order chi connectivity index (χ1) is 9.19. The summed E-state index contributed by atoms with van der Waals surface area (Å²) in [5.74, 6) is 1.46. The molecule has 106 valence electrons. The number of anilines is 1. The zero-order chi connectivity index (χ0) is 13.8. The Morgan fingerprint density at radius 1 is 1.32 bits per heavy atom. The minimum atomic E-state index is 0.115. The molecule has 19 heavy (non-hydrogen) atoms. The fourth-order valence-electron chi connectivity index (χ4n) is 2.42. The van der Waals surface area contributed by atoms with Gasteiger partial charge in [0.15, 0.2) is 11.5 Å². The van der Waals surface area contributed by atoms with Crippen molar-refractivity contribution in [1.82, 2.24) is 5.32 Å². The Morgan fingerprint density at radius 3 is 2.68 bits per heavy atom. The summed E-state index contributed by atoms with van der Waals surface area (Å²) in [6.45, 7) is 3.96. The van der Waals surface area contributed by atoms with Gasteiger partial charge < -0.3 is 24.8 Å². The van der Waals surface area contributed by atoms with E-state index in [4.69, 9.17) is 9.47 Å². The quantitative estimate of drug-likeness (QED) is 0.846. The molecule has 1 aliphatic rings. The second kappa shape index (κ2) is 6.12. The van der Waals surface area contributed by atoms with Gasteiger partial charge in [0.25, 0.3) is 0 Å². The van der Waals surface area contributed by atoms with Crippen molar-refractivity contribution in [3.8, 4) is 11.5 Å². The molecular formula is C14H22N2O3. The fourth-order valence-corrected chi connectivity index (χ4v) is 2.42. The molecule has 0 amide bonds. The molecule has 1 saturated heterocycles. The fraction of sp³-hybridized carbons (Fsp3) is 0.571. The van der Waals surface area contributed by atoms with E-state index in [0.29, 0.717) is 6.04 Å². The number of benzene rings is 1. The van der Waals surface area contributed by atoms with Gasteiger partial charge >= 0.3 is 0 Å². The Morgan fingerprint density at radius 2 is 2.05 bits per heavy atom. The predicted octanol–water partition coefficient (Wildman–Crippen LogP) is 0.863. The van der Waals surface area contributed by atoms with E-state index in [9.17, 15) is 5.11 Å². The number of aliphatic hydroxyl groups is 1. The highest BCUT2D eigenvalue weighted by atomic mass is 16.5. The maximum absolute atomic E-state index is 9.29. The van der Waals surface area contributed by atoms with Crippen molar-refractivity contribution >= 4 is 5.69 Å². The van der Waals surface area contributed by atoms with Crippen molar-refractivity contribution in [2.45, 2.75) is 19.0 Å². The average molecular weight is 266 g/mol. The molecule has 1 aromatic carbocycles. The number of nitrogens with zero attached hydrogens (tertiary/aromatic N) is 1. The maximum Gasteiger partial charge on any atom is 0.162 e. The lowest BCUT2D eigenvalue weighted by Gasteiger charge is -2.40. The third-order valence-corrected chi connectivity index (χ3v) is 3.57. The van der Waals surface area contributed by atoms with Gasteiger partial charge in [0.2, 0.25) is 0 Å². The number of hydrogen-bond donors (Lipinski definition) is 2. The Hall–Kier alpha value is -1.46. The van der Waals surface area contributed by atoms with Gasteiger partial charge in [-0.3, -0.25) is 0 Å². The van der Waals surface area contributed by atoms with E-state index >= 15 is 0 Å². The molecule has 0 spiro atoms. The number of nitrogens with one attached hydrogen (secondary N) is 1. The van der Waals surface area contributed by atoms with Crippen molar-refractivity contribution < 1.29 is 14.6 Å². The standard InChI is InChI=1S/C14H22N2O3/c1-10-7-15-11(9-17)8-16(10)12-4-5-13(18-2)14(6-12)19-3/h4-6,10-11,15,17H,7-9H2,1-3H3. The van der Waals surface area contributed by atoms with Crippen LogP contribution in [0, 0.1) is 0 Å². The largest absolute Gasteiger partial charge is 0.493 e. The summed E-state index contributed by atoms with van der Waals surface area (Å²) in [4.78, 5) is 2.28. The van der Waals surface area contributed by atoms with Crippen LogP contribution in [0.4, 0.5) is 5.69 Å². The number of aliphatic hydroxyl groups excluding tert-OH is 1. The highest BCUT2D eigenvalue weighted by Crippen LogP contribution is 2.32. The molecule has 2 unspecified atom stereocenters. The van der Waals surface area contributed by atoms with Gasteiger partial charge in [-0.15, -0.1) is 0 Å². The molecule has 0 bridgehead atoms. The highest BCUT2D eigenvalue weighted by Gasteiger charge is 2.25. The maximum atomic E-state index is 9.29. The average Bonchev–Trinajstić information content (AvgIpc) is 2.47. The predicted molar refractivity (Wildman–Crippen MR) is 75.2 cm³/mol. The summed E-state index contributed by atoms with van der Waals surface area (Å²) in [7, 11) is 3.27. The van der Waals surface area contributed by atoms with Crippen molar-refractivity contribution in [2.75, 3.05) is 38.8 Å². The van der Waals surface area contributed by atoms with Crippen LogP contribution >= 0.6 is 0 Å². The Balaban J connectivity index is 2.24. The second-order valence-electron chi connectivity index (χ2n) is 4.83. The van der Waals surface area contributed by atoms with E-state index in [1.165, 1.54) is 0 Å². The highest BCUT2D eigenvalue weighted by molar-refractivity contribution is 5.57. The van der Waals surface area contributed by atoms with E-state index in [-0.39, 0.29) is 12.6 Å². The lowest BCUT2D eigenvalue weighted by Crippen LogP contribution is -2.56. The molecule has 2 atom stereocenters. The normalized spacial score (nSPS) is 23.3. The summed E-state index contributed by atoms with van der Waals surface area (Å²) < 4.78 is 10.6. The smallest absolute Gasteiger partial charge is 0.162 e. The minimum Gasteiger partial charge on any atom is -0.493 e. The number of methoxy groups -OCH3 is 2. The number of piperazine rings is 1. The first kappa shape index (κ1) is 14.0. The van der Waals surface area contributed by atoms with Crippen molar-refractivity contribution in [1.29, 1.82) is 0 Å². The number of rotatable bonds is 4. The lowest BCUT2D eigenvalue weighted by atomic mass is 10.1. The SMILES string of the molecule is COc1ccc(N2CC(CO)NCC2C)cc1OC. The van der Waals surface area contributed by atoms with Crippen LogP contribution in [0.3, 0.4) is 0 Å². The Labute approximate surface area is 114 Å². The first-order valence-corrected chi connectivity index (χ1v) is 6.52. The zero-order valence-corrected chi connectivity index (χ0v) is 11.7. The van der Waals surface area contributed by atoms with E-state index in [1.807, 2.05) is 18.2 Å². The van der Waals surface area contributed by atoms with Crippen LogP contribution < -0.4 is 19.7 Å². The van der Waals surface area contributed by atoms with Crippen molar-refractivity contribution in [2.24, 2.45) is 0 Å². The van der Waals surface area contributed by atoms with E-state index in [1.54, 1.807) is 14.2 Å². The molecule has 1 aromatic rings. The molecule has 0 radical (unpaired) electrons. The van der Waals surface area contributed by atoms with Gasteiger partial charge in [0.05, 0.1) is 20.8 Å². The molecule has 0 aliphatic carbocycles. The van der Waals surface area contributed by atoms with E-state index in [0.717, 1.165) is 30.3 Å². The first-order valence-electron chi connectivity index (χ1n) is 6.52. The molecular weight excluding hydrogens is 244 g/mol. The lowest BCUT2D eigenvalue weighted by molar-refractivity contribution is 0.227. The summed E-state index contributed by atoms with van der Waals surface area (Å²) in [6.07, 6.45) is 0. The van der Waals surface area contributed by atoms with Gasteiger partial charge in [0, 0.05) is 36.9 Å². The zero-order valence-electron chi connectivity index (χ0n) is 11.7. The molecule has 1 aliphatic heterocycles. The van der Waals surface area contributed by atoms with Crippen LogP contribution in [0.25, 0.3) is 0 Å². The topological polar surface area (TPSA) is 54.0 Å². The summed E-state index contributed by atoms with van der Waals surface area (Å²) in [6, 6.07) is 6.41. The summed E-state index contributed by atoms with van der Waals surface area (Å²) in [5.41, 5.74) is 1.09. The molecule has 5 nitrogen and oxygen atoms in total. The molecule has 1 heterocycles. The van der Waals surface area contributed by atoms with Crippen molar-refractivity contribution in [3.63, 3.8) is 0 Å². The second-order valence-corrected chi connectivity index (χ2v) is 4.83. The molecule has 2 N–H and O–H groups in total. The van der Waals surface area contributed by atoms with Crippen LogP contribution in [0.5, 0.6) is 11.5 Å². The van der Waals surface area contributed by atoms with Crippen LogP contribution in [0.2, 0.25) is 0 Å². The third kappa shape index (κ3) is 2.93. The van der Waals surface area contributed by atoms with Crippen LogP contribution in [-0.2, 0) is 0 Å². The van der Waals surface area contributed by atoms with Crippen molar-refractivity contribution in [3.05, 3.63) is 18.2 Å². The molecule has 0 aromatic heterocycles. The molecule has 1 fully saturated rings. The number of hydrogen-bond acceptors (Lipinski definition) is 5. The number of ether oxygens (including phenoxy) is 2. The van der Waals surface area contributed by atoms with Crippen LogP contribution in [0.15, 0.2) is 18.2 Å². The molecule has 5 heteroatoms. The summed E-state index contributed by atoms with van der Waals surface area (Å²) >= 11 is 0. The van der Waals surface area contributed by atoms with Gasteiger partial charge in [-0.25, -0.2) is 0 Å². The Bertz CT molecular complexity index is 425. The molecule has 0 saturated carbocycles. The van der Waals surface area contributed by atoms with Gasteiger partial charge in [-0.1, -0.05) is 0 Å². The van der Waals surface area contributed by atoms with Gasteiger partial charge in [-0.2, -0.15) is 0 Å². The van der Waals surface area contributed by atoms with E-state index < -0.39 is 0 Å². The Kier molecular flexibility index (Phi) is 4.50. The summed E-state index contributed by atoms with van der Waals surface area (Å²) in [5, 5.41) is 12.6.